The second-order valence-electron chi connectivity index (χ2n) is 9.15. The highest BCUT2D eigenvalue weighted by atomic mass is 32.2. The minimum Gasteiger partial charge on any atom is -0.477 e. The van der Waals surface area contributed by atoms with E-state index in [9.17, 15) is 18.0 Å². The van der Waals surface area contributed by atoms with Crippen molar-refractivity contribution in [1.82, 2.24) is 9.88 Å². The van der Waals surface area contributed by atoms with E-state index < -0.39 is 15.6 Å². The summed E-state index contributed by atoms with van der Waals surface area (Å²) < 4.78 is 29.1. The molecule has 7 nitrogen and oxygen atoms in total. The number of benzene rings is 2. The molecule has 0 atom stereocenters. The number of sulfone groups is 1. The van der Waals surface area contributed by atoms with Crippen LogP contribution in [0.1, 0.15) is 29.6 Å². The lowest BCUT2D eigenvalue weighted by Crippen LogP contribution is -2.37. The van der Waals surface area contributed by atoms with Gasteiger partial charge in [-0.15, -0.1) is 0 Å². The van der Waals surface area contributed by atoms with Crippen LogP contribution in [0.25, 0.3) is 11.1 Å². The van der Waals surface area contributed by atoms with Crippen molar-refractivity contribution in [1.29, 1.82) is 0 Å². The van der Waals surface area contributed by atoms with Gasteiger partial charge in [0.05, 0.1) is 11.5 Å². The Kier molecular flexibility index (Phi) is 8.28. The molecule has 1 fully saturated rings. The van der Waals surface area contributed by atoms with E-state index in [0.29, 0.717) is 30.5 Å². The highest BCUT2D eigenvalue weighted by Crippen LogP contribution is 2.23. The van der Waals surface area contributed by atoms with E-state index in [0.717, 1.165) is 37.1 Å². The number of likely N-dealkylation sites (tertiary alicyclic amines) is 1. The number of pyridine rings is 1. The molecule has 1 aromatic heterocycles. The Bertz CT molecular complexity index is 1280. The number of Topliss-reactive ketones (excluding diaryl/α,β-unsaturated/α-hetero) is 2. The average Bonchev–Trinajstić information content (AvgIpc) is 2.91. The number of hydrogen-bond donors (Lipinski definition) is 0. The predicted molar refractivity (Wildman–Crippen MR) is 138 cm³/mol. The highest BCUT2D eigenvalue weighted by molar-refractivity contribution is 7.90. The molecule has 2 heterocycles. The Balaban J connectivity index is 1.19. The summed E-state index contributed by atoms with van der Waals surface area (Å²) in [6.07, 6.45) is 5.08. The zero-order chi connectivity index (χ0) is 25.5. The van der Waals surface area contributed by atoms with Gasteiger partial charge in [-0.2, -0.15) is 0 Å². The summed E-state index contributed by atoms with van der Waals surface area (Å²) in [5.41, 5.74) is 2.22. The van der Waals surface area contributed by atoms with Crippen LogP contribution < -0.4 is 4.74 Å². The normalized spacial score (nSPS) is 14.9. The lowest BCUT2D eigenvalue weighted by molar-refractivity contribution is -0.115. The van der Waals surface area contributed by atoms with E-state index in [1.165, 1.54) is 6.26 Å². The molecular formula is C28H30N2O5S. The molecule has 2 aromatic carbocycles. The molecule has 188 valence electrons. The number of hydrogen-bond acceptors (Lipinski definition) is 7. The molecule has 4 rings (SSSR count). The SMILES string of the molecule is CS(=O)(=O)c1ccc(-c2ccc(OCC3CCN(CCC(=O)C(=O)c4ccccc4)CC3)nc2)cc1. The van der Waals surface area contributed by atoms with Crippen LogP contribution in [0.3, 0.4) is 0 Å². The Morgan fingerprint density at radius 2 is 1.61 bits per heavy atom. The van der Waals surface area contributed by atoms with E-state index in [1.807, 2.05) is 18.2 Å². The summed E-state index contributed by atoms with van der Waals surface area (Å²) in [7, 11) is -3.22. The molecule has 0 radical (unpaired) electrons. The van der Waals surface area contributed by atoms with Gasteiger partial charge in [0.25, 0.3) is 0 Å². The van der Waals surface area contributed by atoms with Gasteiger partial charge in [-0.1, -0.05) is 42.5 Å². The van der Waals surface area contributed by atoms with Crippen molar-refractivity contribution < 1.29 is 22.7 Å². The van der Waals surface area contributed by atoms with Crippen LogP contribution in [0.15, 0.2) is 77.8 Å². The minimum absolute atomic E-state index is 0.238. The number of carbonyl (C=O) groups is 2. The molecule has 1 aliphatic heterocycles. The van der Waals surface area contributed by atoms with Crippen LogP contribution >= 0.6 is 0 Å². The first-order chi connectivity index (χ1) is 17.3. The van der Waals surface area contributed by atoms with Crippen LogP contribution in [0.2, 0.25) is 0 Å². The number of aromatic nitrogens is 1. The quantitative estimate of drug-likeness (QED) is 0.302. The van der Waals surface area contributed by atoms with Crippen molar-refractivity contribution in [3.63, 3.8) is 0 Å². The van der Waals surface area contributed by atoms with E-state index in [4.69, 9.17) is 4.74 Å². The summed E-state index contributed by atoms with van der Waals surface area (Å²) in [6.45, 7) is 2.92. The number of ketones is 2. The largest absolute Gasteiger partial charge is 0.477 e. The molecule has 0 bridgehead atoms. The van der Waals surface area contributed by atoms with Gasteiger partial charge in [-0.3, -0.25) is 9.59 Å². The molecule has 0 aliphatic carbocycles. The van der Waals surface area contributed by atoms with Crippen LogP contribution in [0, 0.1) is 5.92 Å². The molecule has 36 heavy (non-hydrogen) atoms. The Morgan fingerprint density at radius 3 is 2.22 bits per heavy atom. The zero-order valence-corrected chi connectivity index (χ0v) is 21.1. The summed E-state index contributed by atoms with van der Waals surface area (Å²) in [6, 6.07) is 19.2. The third-order valence-corrected chi connectivity index (χ3v) is 7.60. The Hall–Kier alpha value is -3.36. The molecule has 0 saturated carbocycles. The first-order valence-electron chi connectivity index (χ1n) is 12.0. The third kappa shape index (κ3) is 6.86. The maximum atomic E-state index is 12.3. The molecule has 8 heteroatoms. The zero-order valence-electron chi connectivity index (χ0n) is 20.3. The van der Waals surface area contributed by atoms with E-state index in [1.54, 1.807) is 54.7 Å². The molecular weight excluding hydrogens is 476 g/mol. The smallest absolute Gasteiger partial charge is 0.228 e. The second kappa shape index (κ2) is 11.6. The maximum absolute atomic E-state index is 12.3. The molecule has 0 amide bonds. The number of carbonyl (C=O) groups excluding carboxylic acids is 2. The van der Waals surface area contributed by atoms with Gasteiger partial charge in [0, 0.05) is 42.6 Å². The van der Waals surface area contributed by atoms with Crippen molar-refractivity contribution in [2.24, 2.45) is 5.92 Å². The van der Waals surface area contributed by atoms with Crippen LogP contribution in [0.5, 0.6) is 5.88 Å². The molecule has 0 spiro atoms. The van der Waals surface area contributed by atoms with Crippen LogP contribution in [0.4, 0.5) is 0 Å². The van der Waals surface area contributed by atoms with Crippen molar-refractivity contribution >= 4 is 21.4 Å². The van der Waals surface area contributed by atoms with Gasteiger partial charge in [0.1, 0.15) is 0 Å². The number of ether oxygens (including phenoxy) is 1. The van der Waals surface area contributed by atoms with E-state index in [-0.39, 0.29) is 17.1 Å². The fourth-order valence-corrected chi connectivity index (χ4v) is 4.87. The van der Waals surface area contributed by atoms with Crippen molar-refractivity contribution in [2.75, 3.05) is 32.5 Å². The van der Waals surface area contributed by atoms with Gasteiger partial charge in [0.15, 0.2) is 9.84 Å². The molecule has 1 aliphatic rings. The first-order valence-corrected chi connectivity index (χ1v) is 13.9. The van der Waals surface area contributed by atoms with Crippen molar-refractivity contribution in [3.8, 4) is 17.0 Å². The van der Waals surface area contributed by atoms with Gasteiger partial charge < -0.3 is 9.64 Å². The van der Waals surface area contributed by atoms with Gasteiger partial charge in [0.2, 0.25) is 17.4 Å². The topological polar surface area (TPSA) is 93.6 Å². The summed E-state index contributed by atoms with van der Waals surface area (Å²) in [5.74, 6) is 0.211. The van der Waals surface area contributed by atoms with E-state index >= 15 is 0 Å². The third-order valence-electron chi connectivity index (χ3n) is 6.47. The van der Waals surface area contributed by atoms with Crippen molar-refractivity contribution in [2.45, 2.75) is 24.2 Å². The maximum Gasteiger partial charge on any atom is 0.228 e. The van der Waals surface area contributed by atoms with Gasteiger partial charge in [-0.05, 0) is 55.6 Å². The average molecular weight is 507 g/mol. The minimum atomic E-state index is -3.22. The summed E-state index contributed by atoms with van der Waals surface area (Å²) >= 11 is 0. The molecule has 0 N–H and O–H groups in total. The van der Waals surface area contributed by atoms with Crippen molar-refractivity contribution in [3.05, 3.63) is 78.5 Å². The molecule has 1 saturated heterocycles. The van der Waals surface area contributed by atoms with Gasteiger partial charge >= 0.3 is 0 Å². The van der Waals surface area contributed by atoms with Crippen LogP contribution in [-0.2, 0) is 14.6 Å². The fraction of sp³-hybridized carbons (Fsp3) is 0.321. The number of nitrogens with zero attached hydrogens (tertiary/aromatic N) is 2. The second-order valence-corrected chi connectivity index (χ2v) is 11.2. The van der Waals surface area contributed by atoms with Gasteiger partial charge in [-0.25, -0.2) is 13.4 Å². The lowest BCUT2D eigenvalue weighted by Gasteiger charge is -2.31. The molecule has 3 aromatic rings. The number of piperidine rings is 1. The number of rotatable bonds is 10. The lowest BCUT2D eigenvalue weighted by atomic mass is 9.97. The monoisotopic (exact) mass is 506 g/mol. The first kappa shape index (κ1) is 25.7. The van der Waals surface area contributed by atoms with E-state index in [2.05, 4.69) is 9.88 Å². The Labute approximate surface area is 212 Å². The Morgan fingerprint density at radius 1 is 0.944 bits per heavy atom. The highest BCUT2D eigenvalue weighted by Gasteiger charge is 2.22. The summed E-state index contributed by atoms with van der Waals surface area (Å²) in [5, 5.41) is 0. The molecule has 0 unspecified atom stereocenters. The fourth-order valence-electron chi connectivity index (χ4n) is 4.23. The standard InChI is InChI=1S/C28H30N2O5S/c1-36(33,34)25-10-7-22(8-11-25)24-9-12-27(29-19-24)35-20-21-13-16-30(17-14-21)18-15-26(31)28(32)23-5-3-2-4-6-23/h2-12,19,21H,13-18,20H2,1H3. The summed E-state index contributed by atoms with van der Waals surface area (Å²) in [4.78, 5) is 31.4. The predicted octanol–water partition coefficient (Wildman–Crippen LogP) is 4.09. The van der Waals surface area contributed by atoms with Crippen LogP contribution in [-0.4, -0.2) is 62.4 Å².